The minimum absolute atomic E-state index is 0.0864. The third kappa shape index (κ3) is 4.80. The number of esters is 1. The van der Waals surface area contributed by atoms with Crippen molar-refractivity contribution in [1.82, 2.24) is 0 Å². The van der Waals surface area contributed by atoms with Gasteiger partial charge in [-0.2, -0.15) is 4.79 Å². The third-order valence-corrected chi connectivity index (χ3v) is 2.74. The number of benzene rings is 1. The van der Waals surface area contributed by atoms with Crippen LogP contribution in [0.2, 0.25) is 0 Å². The lowest BCUT2D eigenvalue weighted by atomic mass is 10.2. The summed E-state index contributed by atoms with van der Waals surface area (Å²) in [5.41, 5.74) is 7.96. The van der Waals surface area contributed by atoms with Crippen LogP contribution in [0.4, 0.5) is 0 Å². The SMILES string of the molecule is CCOC(=O)C(=[N+]=[N-])C(=O)COc1ccc(I)cc1. The van der Waals surface area contributed by atoms with Crippen molar-refractivity contribution in [2.45, 2.75) is 6.92 Å². The van der Waals surface area contributed by atoms with E-state index in [2.05, 4.69) is 32.1 Å². The maximum atomic E-state index is 11.6. The van der Waals surface area contributed by atoms with Crippen LogP contribution in [0.1, 0.15) is 6.92 Å². The first-order valence-corrected chi connectivity index (χ1v) is 6.47. The molecule has 0 fully saturated rings. The van der Waals surface area contributed by atoms with E-state index >= 15 is 0 Å². The zero-order valence-corrected chi connectivity index (χ0v) is 12.3. The van der Waals surface area contributed by atoms with Gasteiger partial charge in [0.05, 0.1) is 6.61 Å². The molecule has 0 atom stereocenters. The van der Waals surface area contributed by atoms with Gasteiger partial charge in [0.15, 0.2) is 6.61 Å². The van der Waals surface area contributed by atoms with Gasteiger partial charge < -0.3 is 15.0 Å². The quantitative estimate of drug-likeness (QED) is 0.188. The van der Waals surface area contributed by atoms with Crippen molar-refractivity contribution in [3.05, 3.63) is 33.4 Å². The molecule has 0 spiro atoms. The Morgan fingerprint density at radius 1 is 1.32 bits per heavy atom. The first-order chi connectivity index (χ1) is 9.08. The second-order valence-corrected chi connectivity index (χ2v) is 4.58. The number of hydrogen-bond acceptors (Lipinski definition) is 4. The normalized spacial score (nSPS) is 9.37. The summed E-state index contributed by atoms with van der Waals surface area (Å²) in [6, 6.07) is 7.00. The summed E-state index contributed by atoms with van der Waals surface area (Å²) in [6.45, 7) is 1.27. The molecule has 19 heavy (non-hydrogen) atoms. The Bertz CT molecular complexity index is 521. The molecule has 1 aromatic carbocycles. The number of nitrogens with zero attached hydrogens (tertiary/aromatic N) is 2. The van der Waals surface area contributed by atoms with Gasteiger partial charge in [-0.25, -0.2) is 4.79 Å². The Morgan fingerprint density at radius 2 is 1.95 bits per heavy atom. The largest absolute Gasteiger partial charge is 0.485 e. The summed E-state index contributed by atoms with van der Waals surface area (Å²) < 4.78 is 10.8. The zero-order valence-electron chi connectivity index (χ0n) is 10.1. The summed E-state index contributed by atoms with van der Waals surface area (Å²) in [5.74, 6) is -1.24. The van der Waals surface area contributed by atoms with Gasteiger partial charge in [0, 0.05) is 3.57 Å². The van der Waals surface area contributed by atoms with Gasteiger partial charge in [0.1, 0.15) is 5.75 Å². The molecule has 1 rings (SSSR count). The molecule has 0 radical (unpaired) electrons. The molecule has 0 N–H and O–H groups in total. The van der Waals surface area contributed by atoms with Crippen LogP contribution < -0.4 is 4.74 Å². The zero-order chi connectivity index (χ0) is 14.3. The van der Waals surface area contributed by atoms with Crippen LogP contribution >= 0.6 is 22.6 Å². The highest BCUT2D eigenvalue weighted by atomic mass is 127. The second-order valence-electron chi connectivity index (χ2n) is 3.33. The summed E-state index contributed by atoms with van der Waals surface area (Å²) in [6.07, 6.45) is 0. The van der Waals surface area contributed by atoms with E-state index in [0.29, 0.717) is 5.75 Å². The third-order valence-electron chi connectivity index (χ3n) is 2.02. The summed E-state index contributed by atoms with van der Waals surface area (Å²) in [4.78, 5) is 25.5. The maximum Gasteiger partial charge on any atom is 0.445 e. The fourth-order valence-corrected chi connectivity index (χ4v) is 1.52. The monoisotopic (exact) mass is 374 g/mol. The number of carbonyl (C=O) groups excluding carboxylic acids is 2. The smallest absolute Gasteiger partial charge is 0.445 e. The summed E-state index contributed by atoms with van der Waals surface area (Å²) in [5, 5.41) is 0. The van der Waals surface area contributed by atoms with Crippen molar-refractivity contribution < 1.29 is 23.9 Å². The number of Topliss-reactive ketones (excluding diaryl/α,β-unsaturated/α-hetero) is 1. The molecule has 100 valence electrons. The van der Waals surface area contributed by atoms with Crippen LogP contribution in [0.25, 0.3) is 5.53 Å². The van der Waals surface area contributed by atoms with Crippen LogP contribution in [0.15, 0.2) is 24.3 Å². The molecule has 0 aromatic heterocycles. The van der Waals surface area contributed by atoms with Crippen molar-refractivity contribution in [3.63, 3.8) is 0 Å². The molecule has 0 saturated carbocycles. The highest BCUT2D eigenvalue weighted by molar-refractivity contribution is 14.1. The van der Waals surface area contributed by atoms with E-state index in [1.54, 1.807) is 19.1 Å². The van der Waals surface area contributed by atoms with Crippen molar-refractivity contribution in [3.8, 4) is 5.75 Å². The molecule has 1 aromatic rings. The van der Waals surface area contributed by atoms with Crippen molar-refractivity contribution in [2.75, 3.05) is 13.2 Å². The minimum atomic E-state index is -0.971. The lowest BCUT2D eigenvalue weighted by molar-refractivity contribution is -0.142. The average Bonchev–Trinajstić information content (AvgIpc) is 2.39. The van der Waals surface area contributed by atoms with Crippen molar-refractivity contribution in [1.29, 1.82) is 0 Å². The fourth-order valence-electron chi connectivity index (χ4n) is 1.16. The molecule has 6 nitrogen and oxygen atoms in total. The van der Waals surface area contributed by atoms with Gasteiger partial charge in [0.2, 0.25) is 0 Å². The first-order valence-electron chi connectivity index (χ1n) is 5.39. The number of halogens is 1. The molecular formula is C12H11IN2O4. The lowest BCUT2D eigenvalue weighted by Gasteiger charge is -2.03. The van der Waals surface area contributed by atoms with Gasteiger partial charge in [-0.1, -0.05) is 0 Å². The Morgan fingerprint density at radius 3 is 2.47 bits per heavy atom. The molecule has 0 saturated heterocycles. The van der Waals surface area contributed by atoms with Crippen LogP contribution in [0, 0.1) is 3.57 Å². The molecule has 0 aliphatic heterocycles. The molecule has 0 unspecified atom stereocenters. The Balaban J connectivity index is 2.61. The van der Waals surface area contributed by atoms with E-state index in [9.17, 15) is 9.59 Å². The van der Waals surface area contributed by atoms with Gasteiger partial charge in [-0.05, 0) is 53.8 Å². The van der Waals surface area contributed by atoms with Gasteiger partial charge in [-0.15, -0.1) is 0 Å². The van der Waals surface area contributed by atoms with Crippen LogP contribution in [0.5, 0.6) is 5.75 Å². The highest BCUT2D eigenvalue weighted by Gasteiger charge is 2.31. The van der Waals surface area contributed by atoms with E-state index in [1.807, 2.05) is 12.1 Å². The van der Waals surface area contributed by atoms with Crippen LogP contribution in [0.3, 0.4) is 0 Å². The summed E-state index contributed by atoms with van der Waals surface area (Å²) >= 11 is 2.14. The van der Waals surface area contributed by atoms with Gasteiger partial charge in [0.25, 0.3) is 5.78 Å². The standard InChI is InChI=1S/C12H11IN2O4/c1-2-18-12(17)11(15-14)10(16)7-19-9-5-3-8(13)4-6-9/h3-6H,2,7H2,1H3. The number of rotatable bonds is 6. The second kappa shape index (κ2) is 7.65. The Labute approximate surface area is 123 Å². The molecule has 0 aliphatic rings. The molecule has 0 heterocycles. The van der Waals surface area contributed by atoms with E-state index in [1.165, 1.54) is 0 Å². The molecule has 0 bridgehead atoms. The van der Waals surface area contributed by atoms with Gasteiger partial charge in [-0.3, -0.25) is 4.79 Å². The molecule has 0 amide bonds. The highest BCUT2D eigenvalue weighted by Crippen LogP contribution is 2.13. The predicted molar refractivity (Wildman–Crippen MR) is 74.9 cm³/mol. The Kier molecular flexibility index (Phi) is 6.17. The van der Waals surface area contributed by atoms with Gasteiger partial charge >= 0.3 is 11.7 Å². The molecular weight excluding hydrogens is 363 g/mol. The van der Waals surface area contributed by atoms with Crippen molar-refractivity contribution >= 4 is 40.1 Å². The van der Waals surface area contributed by atoms with Crippen LogP contribution in [-0.4, -0.2) is 35.5 Å². The first kappa shape index (κ1) is 15.3. The van der Waals surface area contributed by atoms with Crippen LogP contribution in [-0.2, 0) is 14.3 Å². The summed E-state index contributed by atoms with van der Waals surface area (Å²) in [7, 11) is 0. The fraction of sp³-hybridized carbons (Fsp3) is 0.250. The number of ketones is 1. The molecule has 7 heteroatoms. The minimum Gasteiger partial charge on any atom is -0.485 e. The topological polar surface area (TPSA) is 89.0 Å². The predicted octanol–water partition coefficient (Wildman–Crippen LogP) is 1.47. The average molecular weight is 374 g/mol. The number of carbonyl (C=O) groups is 2. The van der Waals surface area contributed by atoms with E-state index in [-0.39, 0.29) is 6.61 Å². The Hall–Kier alpha value is -1.73. The van der Waals surface area contributed by atoms with E-state index < -0.39 is 24.1 Å². The van der Waals surface area contributed by atoms with E-state index in [0.717, 1.165) is 3.57 Å². The van der Waals surface area contributed by atoms with E-state index in [4.69, 9.17) is 10.3 Å². The van der Waals surface area contributed by atoms with Crippen molar-refractivity contribution in [2.24, 2.45) is 0 Å². The number of hydrogen-bond donors (Lipinski definition) is 0. The molecule has 0 aliphatic carbocycles. The number of ether oxygens (including phenoxy) is 2. The maximum absolute atomic E-state index is 11.6. The lowest BCUT2D eigenvalue weighted by Crippen LogP contribution is -2.31.